The van der Waals surface area contributed by atoms with Crippen molar-refractivity contribution in [3.63, 3.8) is 0 Å². The van der Waals surface area contributed by atoms with Gasteiger partial charge in [-0.2, -0.15) is 0 Å². The number of aromatic nitrogens is 1. The fraction of sp³-hybridized carbons (Fsp3) is 0.333. The average molecular weight is 440 g/mol. The van der Waals surface area contributed by atoms with Gasteiger partial charge in [-0.05, 0) is 62.1 Å². The molecule has 1 aromatic heterocycles. The van der Waals surface area contributed by atoms with E-state index >= 15 is 0 Å². The third-order valence-corrected chi connectivity index (χ3v) is 5.93. The normalized spacial score (nSPS) is 15.9. The van der Waals surface area contributed by atoms with Gasteiger partial charge < -0.3 is 19.9 Å². The topological polar surface area (TPSA) is 74.4 Å². The van der Waals surface area contributed by atoms with Crippen LogP contribution in [0.1, 0.15) is 29.5 Å². The molecule has 0 bridgehead atoms. The number of fused-ring (bicyclic) bond motifs is 1. The summed E-state index contributed by atoms with van der Waals surface area (Å²) in [5, 5.41) is 4.42. The molecule has 1 aliphatic heterocycles. The smallest absolute Gasteiger partial charge is 0.322 e. The lowest BCUT2D eigenvalue weighted by Crippen LogP contribution is -2.40. The second-order valence-electron chi connectivity index (χ2n) is 8.07. The maximum absolute atomic E-state index is 13.1. The molecular weight excluding hydrogens is 414 g/mol. The predicted octanol–water partition coefficient (Wildman–Crippen LogP) is 5.01. The number of halogens is 1. The molecule has 31 heavy (non-hydrogen) atoms. The second-order valence-corrected chi connectivity index (χ2v) is 8.50. The Labute approximate surface area is 186 Å². The minimum atomic E-state index is -0.293. The Morgan fingerprint density at radius 1 is 1.23 bits per heavy atom. The summed E-state index contributed by atoms with van der Waals surface area (Å²) < 4.78 is 5.75. The van der Waals surface area contributed by atoms with Crippen molar-refractivity contribution in [2.75, 3.05) is 18.5 Å². The van der Waals surface area contributed by atoms with Gasteiger partial charge in [0.25, 0.3) is 5.56 Å². The van der Waals surface area contributed by atoms with Crippen LogP contribution in [0.5, 0.6) is 0 Å². The monoisotopic (exact) mass is 439 g/mol. The molecule has 1 aliphatic rings. The summed E-state index contributed by atoms with van der Waals surface area (Å²) in [5.74, 6) is 0. The highest BCUT2D eigenvalue weighted by atomic mass is 35.5. The number of nitrogens with one attached hydrogen (secondary N) is 2. The zero-order chi connectivity index (χ0) is 22.0. The van der Waals surface area contributed by atoms with Crippen LogP contribution in [0, 0.1) is 13.8 Å². The average Bonchev–Trinajstić information content (AvgIpc) is 3.24. The van der Waals surface area contributed by atoms with Gasteiger partial charge in [0.05, 0.1) is 18.2 Å². The van der Waals surface area contributed by atoms with Crippen LogP contribution in [0.3, 0.4) is 0 Å². The van der Waals surface area contributed by atoms with E-state index in [4.69, 9.17) is 16.3 Å². The van der Waals surface area contributed by atoms with Gasteiger partial charge in [0.1, 0.15) is 0 Å². The van der Waals surface area contributed by atoms with Gasteiger partial charge in [0, 0.05) is 34.8 Å². The Balaban J connectivity index is 1.63. The van der Waals surface area contributed by atoms with Crippen molar-refractivity contribution in [2.45, 2.75) is 39.3 Å². The molecule has 2 aromatic carbocycles. The number of aryl methyl sites for hydroxylation is 2. The number of anilines is 1. The number of hydrogen-bond donors (Lipinski definition) is 2. The largest absolute Gasteiger partial charge is 0.376 e. The minimum absolute atomic E-state index is 0.0337. The van der Waals surface area contributed by atoms with E-state index in [1.165, 1.54) is 0 Å². The SMILES string of the molecule is Cc1ccc(C)c2[nH]c(=O)c(CN(C[C@@H]3CCCO3)C(=O)Nc3cccc(Cl)c3)cc12. The molecule has 2 N–H and O–H groups in total. The van der Waals surface area contributed by atoms with Crippen LogP contribution < -0.4 is 10.9 Å². The number of urea groups is 1. The second kappa shape index (κ2) is 9.12. The third-order valence-electron chi connectivity index (χ3n) is 5.69. The molecule has 4 rings (SSSR count). The fourth-order valence-corrected chi connectivity index (χ4v) is 4.15. The predicted molar refractivity (Wildman–Crippen MR) is 124 cm³/mol. The Bertz CT molecular complexity index is 1170. The van der Waals surface area contributed by atoms with Gasteiger partial charge in [-0.25, -0.2) is 4.79 Å². The molecular formula is C24H26ClN3O3. The number of aromatic amines is 1. The lowest BCUT2D eigenvalue weighted by Gasteiger charge is -2.26. The number of carbonyl (C=O) groups excluding carboxylic acids is 1. The lowest BCUT2D eigenvalue weighted by atomic mass is 10.0. The molecule has 0 aliphatic carbocycles. The summed E-state index contributed by atoms with van der Waals surface area (Å²) in [6.07, 6.45) is 1.84. The molecule has 0 spiro atoms. The number of hydrogen-bond acceptors (Lipinski definition) is 3. The molecule has 2 amide bonds. The van der Waals surface area contributed by atoms with E-state index in [0.29, 0.717) is 29.4 Å². The maximum Gasteiger partial charge on any atom is 0.322 e. The van der Waals surface area contributed by atoms with Crippen molar-refractivity contribution in [2.24, 2.45) is 0 Å². The van der Waals surface area contributed by atoms with Crippen LogP contribution >= 0.6 is 11.6 Å². The van der Waals surface area contributed by atoms with Crippen LogP contribution in [0.2, 0.25) is 5.02 Å². The van der Waals surface area contributed by atoms with Crippen LogP contribution in [0.15, 0.2) is 47.3 Å². The summed E-state index contributed by atoms with van der Waals surface area (Å²) in [6.45, 7) is 5.28. The van der Waals surface area contributed by atoms with Crippen molar-refractivity contribution in [1.82, 2.24) is 9.88 Å². The minimum Gasteiger partial charge on any atom is -0.376 e. The van der Waals surface area contributed by atoms with Crippen molar-refractivity contribution in [1.29, 1.82) is 0 Å². The highest BCUT2D eigenvalue weighted by Gasteiger charge is 2.24. The van der Waals surface area contributed by atoms with Crippen LogP contribution in [0.25, 0.3) is 10.9 Å². The summed E-state index contributed by atoms with van der Waals surface area (Å²) in [4.78, 5) is 30.6. The first kappa shape index (κ1) is 21.4. The van der Waals surface area contributed by atoms with Gasteiger partial charge in [-0.1, -0.05) is 29.8 Å². The molecule has 3 aromatic rings. The molecule has 1 fully saturated rings. The standard InChI is InChI=1S/C24H26ClN3O3/c1-15-8-9-16(2)22-21(15)11-17(23(29)27-22)13-28(14-20-7-4-10-31-20)24(30)26-19-6-3-5-18(25)12-19/h3,5-6,8-9,11-12,20H,4,7,10,13-14H2,1-2H3,(H,26,30)(H,27,29)/t20-/m0/s1. The zero-order valence-corrected chi connectivity index (χ0v) is 18.5. The molecule has 0 unspecified atom stereocenters. The Kier molecular flexibility index (Phi) is 6.30. The van der Waals surface area contributed by atoms with Gasteiger partial charge in [0.15, 0.2) is 0 Å². The highest BCUT2D eigenvalue weighted by molar-refractivity contribution is 6.30. The lowest BCUT2D eigenvalue weighted by molar-refractivity contribution is 0.0818. The number of rotatable bonds is 5. The van der Waals surface area contributed by atoms with Gasteiger partial charge in [0.2, 0.25) is 0 Å². The van der Waals surface area contributed by atoms with Gasteiger partial charge >= 0.3 is 6.03 Å². The molecule has 162 valence electrons. The molecule has 0 radical (unpaired) electrons. The summed E-state index contributed by atoms with van der Waals surface area (Å²) in [7, 11) is 0. The molecule has 0 saturated carbocycles. The first-order valence-electron chi connectivity index (χ1n) is 10.5. The quantitative estimate of drug-likeness (QED) is 0.586. The van der Waals surface area contributed by atoms with E-state index in [1.807, 2.05) is 32.0 Å². The third kappa shape index (κ3) is 4.92. The molecule has 6 nitrogen and oxygen atoms in total. The molecule has 2 heterocycles. The number of benzene rings is 2. The van der Waals surface area contributed by atoms with E-state index < -0.39 is 0 Å². The Morgan fingerprint density at radius 3 is 2.77 bits per heavy atom. The number of ether oxygens (including phenoxy) is 1. The van der Waals surface area contributed by atoms with Crippen molar-refractivity contribution < 1.29 is 9.53 Å². The van der Waals surface area contributed by atoms with Gasteiger partial charge in [-0.15, -0.1) is 0 Å². The van der Waals surface area contributed by atoms with E-state index in [0.717, 1.165) is 34.9 Å². The molecule has 1 saturated heterocycles. The summed E-state index contributed by atoms with van der Waals surface area (Å²) in [5.41, 5.74) is 3.89. The highest BCUT2D eigenvalue weighted by Crippen LogP contribution is 2.22. The first-order valence-corrected chi connectivity index (χ1v) is 10.8. The number of carbonyl (C=O) groups is 1. The number of amides is 2. The van der Waals surface area contributed by atoms with E-state index in [1.54, 1.807) is 29.2 Å². The number of nitrogens with zero attached hydrogens (tertiary/aromatic N) is 1. The molecule has 1 atom stereocenters. The Morgan fingerprint density at radius 2 is 2.03 bits per heavy atom. The van der Waals surface area contributed by atoms with Crippen molar-refractivity contribution in [3.8, 4) is 0 Å². The van der Waals surface area contributed by atoms with Crippen molar-refractivity contribution >= 4 is 34.2 Å². The number of H-pyrrole nitrogens is 1. The fourth-order valence-electron chi connectivity index (χ4n) is 3.96. The van der Waals surface area contributed by atoms with E-state index in [2.05, 4.69) is 10.3 Å². The number of pyridine rings is 1. The summed E-state index contributed by atoms with van der Waals surface area (Å²) in [6, 6.07) is 12.6. The maximum atomic E-state index is 13.1. The Hall–Kier alpha value is -2.83. The van der Waals surface area contributed by atoms with Crippen molar-refractivity contribution in [3.05, 3.63) is 74.5 Å². The van der Waals surface area contributed by atoms with Gasteiger partial charge in [-0.3, -0.25) is 4.79 Å². The zero-order valence-electron chi connectivity index (χ0n) is 17.7. The van der Waals surface area contributed by atoms with Crippen LogP contribution in [-0.4, -0.2) is 35.2 Å². The molecule has 7 heteroatoms. The van der Waals surface area contributed by atoms with Crippen LogP contribution in [-0.2, 0) is 11.3 Å². The summed E-state index contributed by atoms with van der Waals surface area (Å²) >= 11 is 6.05. The van der Waals surface area contributed by atoms with Crippen LogP contribution in [0.4, 0.5) is 10.5 Å². The van der Waals surface area contributed by atoms with E-state index in [9.17, 15) is 9.59 Å². The first-order chi connectivity index (χ1) is 14.9. The van der Waals surface area contributed by atoms with E-state index in [-0.39, 0.29) is 24.2 Å².